The second-order valence-corrected chi connectivity index (χ2v) is 6.50. The first-order valence-corrected chi connectivity index (χ1v) is 7.01. The van der Waals surface area contributed by atoms with Crippen molar-refractivity contribution in [1.82, 2.24) is 0 Å². The zero-order chi connectivity index (χ0) is 15.5. The van der Waals surface area contributed by atoms with Crippen molar-refractivity contribution >= 4 is 11.9 Å². The van der Waals surface area contributed by atoms with Crippen LogP contribution in [0.3, 0.4) is 0 Å². The van der Waals surface area contributed by atoms with Gasteiger partial charge in [0.15, 0.2) is 5.92 Å². The number of aliphatic hydroxyl groups excluding tert-OH is 1. The summed E-state index contributed by atoms with van der Waals surface area (Å²) in [5.41, 5.74) is 5.25. The first-order valence-electron chi connectivity index (χ1n) is 7.01. The summed E-state index contributed by atoms with van der Waals surface area (Å²) < 4.78 is 5.15. The molecule has 0 amide bonds. The van der Waals surface area contributed by atoms with Crippen molar-refractivity contribution < 1.29 is 24.5 Å². The van der Waals surface area contributed by atoms with Crippen LogP contribution in [0.5, 0.6) is 0 Å². The van der Waals surface area contributed by atoms with Crippen LogP contribution in [-0.4, -0.2) is 39.9 Å². The number of esters is 1. The van der Waals surface area contributed by atoms with Gasteiger partial charge in [0.05, 0.1) is 6.10 Å². The smallest absolute Gasteiger partial charge is 0.322 e. The maximum Gasteiger partial charge on any atom is 0.322 e. The second-order valence-electron chi connectivity index (χ2n) is 6.50. The van der Waals surface area contributed by atoms with Gasteiger partial charge in [-0.3, -0.25) is 9.59 Å². The number of rotatable bonds is 4. The number of hydrogen-bond donors (Lipinski definition) is 3. The summed E-state index contributed by atoms with van der Waals surface area (Å²) in [6.07, 6.45) is 2.12. The van der Waals surface area contributed by atoms with Crippen molar-refractivity contribution in [2.24, 2.45) is 17.6 Å². The van der Waals surface area contributed by atoms with Crippen LogP contribution >= 0.6 is 0 Å². The normalized spacial score (nSPS) is 26.6. The lowest BCUT2D eigenvalue weighted by Gasteiger charge is -2.33. The predicted molar refractivity (Wildman–Crippen MR) is 72.9 cm³/mol. The maximum atomic E-state index is 12.0. The molecule has 1 fully saturated rings. The average Bonchev–Trinajstić information content (AvgIpc) is 2.26. The molecule has 2 unspecified atom stereocenters. The molecule has 0 bridgehead atoms. The Morgan fingerprint density at radius 3 is 2.10 bits per heavy atom. The van der Waals surface area contributed by atoms with Crippen LogP contribution in [0.15, 0.2) is 0 Å². The molecule has 0 aromatic carbocycles. The van der Waals surface area contributed by atoms with E-state index >= 15 is 0 Å². The third-order valence-electron chi connectivity index (χ3n) is 3.60. The van der Waals surface area contributed by atoms with Gasteiger partial charge < -0.3 is 20.7 Å². The quantitative estimate of drug-likeness (QED) is 0.523. The van der Waals surface area contributed by atoms with E-state index in [1.165, 1.54) is 0 Å². The monoisotopic (exact) mass is 287 g/mol. The summed E-state index contributed by atoms with van der Waals surface area (Å²) >= 11 is 0. The molecule has 2 atom stereocenters. The fraction of sp³-hybridized carbons (Fsp3) is 0.857. The van der Waals surface area contributed by atoms with Crippen LogP contribution in [0.4, 0.5) is 0 Å². The minimum atomic E-state index is -1.35. The standard InChI is InChI=1S/C14H25NO5/c1-14(2,3)20-13(19)10(12(17)18)11(15)8-4-6-9(16)7-5-8/h8-11,16H,4-7,15H2,1-3H3,(H,17,18). The molecule has 0 heterocycles. The molecular formula is C14H25NO5. The van der Waals surface area contributed by atoms with Crippen molar-refractivity contribution in [1.29, 1.82) is 0 Å². The van der Waals surface area contributed by atoms with E-state index in [4.69, 9.17) is 10.5 Å². The fourth-order valence-electron chi connectivity index (χ4n) is 2.55. The molecule has 0 saturated heterocycles. The van der Waals surface area contributed by atoms with Crippen molar-refractivity contribution in [3.05, 3.63) is 0 Å². The first kappa shape index (κ1) is 16.9. The van der Waals surface area contributed by atoms with Crippen LogP contribution < -0.4 is 5.73 Å². The number of ether oxygens (including phenoxy) is 1. The van der Waals surface area contributed by atoms with E-state index in [0.717, 1.165) is 0 Å². The van der Waals surface area contributed by atoms with E-state index in [2.05, 4.69) is 0 Å². The molecule has 0 radical (unpaired) electrons. The molecule has 20 heavy (non-hydrogen) atoms. The molecule has 0 aliphatic heterocycles. The van der Waals surface area contributed by atoms with E-state index < -0.39 is 29.5 Å². The molecule has 1 aliphatic rings. The van der Waals surface area contributed by atoms with Crippen LogP contribution in [0, 0.1) is 11.8 Å². The van der Waals surface area contributed by atoms with Crippen LogP contribution in [0.1, 0.15) is 46.5 Å². The van der Waals surface area contributed by atoms with Gasteiger partial charge in [0.2, 0.25) is 0 Å². The summed E-state index contributed by atoms with van der Waals surface area (Å²) in [5.74, 6) is -3.47. The van der Waals surface area contributed by atoms with Gasteiger partial charge in [-0.1, -0.05) is 0 Å². The summed E-state index contributed by atoms with van der Waals surface area (Å²) in [4.78, 5) is 23.4. The minimum absolute atomic E-state index is 0.0768. The fourth-order valence-corrected chi connectivity index (χ4v) is 2.55. The molecular weight excluding hydrogens is 262 g/mol. The largest absolute Gasteiger partial charge is 0.481 e. The van der Waals surface area contributed by atoms with Crippen LogP contribution in [0.2, 0.25) is 0 Å². The van der Waals surface area contributed by atoms with Gasteiger partial charge in [-0.15, -0.1) is 0 Å². The second kappa shape index (κ2) is 6.54. The molecule has 6 heteroatoms. The Balaban J connectivity index is 2.75. The molecule has 0 aromatic rings. The molecule has 1 rings (SSSR count). The highest BCUT2D eigenvalue weighted by Crippen LogP contribution is 2.30. The number of carbonyl (C=O) groups excluding carboxylic acids is 1. The maximum absolute atomic E-state index is 12.0. The van der Waals surface area contributed by atoms with Crippen LogP contribution in [-0.2, 0) is 14.3 Å². The van der Waals surface area contributed by atoms with Gasteiger partial charge >= 0.3 is 11.9 Å². The lowest BCUT2D eigenvalue weighted by Crippen LogP contribution is -2.48. The first-order chi connectivity index (χ1) is 9.11. The third-order valence-corrected chi connectivity index (χ3v) is 3.60. The third kappa shape index (κ3) is 4.76. The van der Waals surface area contributed by atoms with Gasteiger partial charge in [-0.25, -0.2) is 0 Å². The summed E-state index contributed by atoms with van der Waals surface area (Å²) in [6, 6.07) is -0.783. The van der Waals surface area contributed by atoms with Crippen molar-refractivity contribution in [3.63, 3.8) is 0 Å². The van der Waals surface area contributed by atoms with Crippen molar-refractivity contribution in [2.75, 3.05) is 0 Å². The van der Waals surface area contributed by atoms with Crippen molar-refractivity contribution in [3.8, 4) is 0 Å². The molecule has 116 valence electrons. The van der Waals surface area contributed by atoms with Crippen molar-refractivity contribution in [2.45, 2.75) is 64.2 Å². The Morgan fingerprint density at radius 2 is 1.70 bits per heavy atom. The minimum Gasteiger partial charge on any atom is -0.481 e. The number of carboxylic acid groups (broad SMARTS) is 1. The van der Waals surface area contributed by atoms with Gasteiger partial charge in [-0.2, -0.15) is 0 Å². The summed E-state index contributed by atoms with van der Waals surface area (Å²) in [5, 5.41) is 18.7. The Labute approximate surface area is 119 Å². The van der Waals surface area contributed by atoms with Gasteiger partial charge in [0.25, 0.3) is 0 Å². The topological polar surface area (TPSA) is 110 Å². The Hall–Kier alpha value is -1.14. The van der Waals surface area contributed by atoms with Gasteiger partial charge in [-0.05, 0) is 52.4 Å². The Bertz CT molecular complexity index is 355. The lowest BCUT2D eigenvalue weighted by atomic mass is 9.78. The van der Waals surface area contributed by atoms with Gasteiger partial charge in [0.1, 0.15) is 5.60 Å². The zero-order valence-corrected chi connectivity index (χ0v) is 12.3. The molecule has 1 saturated carbocycles. The zero-order valence-electron chi connectivity index (χ0n) is 12.3. The van der Waals surface area contributed by atoms with E-state index in [1.54, 1.807) is 20.8 Å². The number of hydrogen-bond acceptors (Lipinski definition) is 5. The summed E-state index contributed by atoms with van der Waals surface area (Å²) in [6.45, 7) is 5.06. The molecule has 0 aromatic heterocycles. The Kier molecular flexibility index (Phi) is 5.53. The van der Waals surface area contributed by atoms with E-state index in [1.807, 2.05) is 0 Å². The van der Waals surface area contributed by atoms with E-state index in [-0.39, 0.29) is 12.0 Å². The Morgan fingerprint density at radius 1 is 1.20 bits per heavy atom. The molecule has 6 nitrogen and oxygen atoms in total. The summed E-state index contributed by atoms with van der Waals surface area (Å²) in [7, 11) is 0. The molecule has 1 aliphatic carbocycles. The number of carbonyl (C=O) groups is 2. The van der Waals surface area contributed by atoms with E-state index in [0.29, 0.717) is 25.7 Å². The van der Waals surface area contributed by atoms with Crippen LogP contribution in [0.25, 0.3) is 0 Å². The predicted octanol–water partition coefficient (Wildman–Crippen LogP) is 0.907. The molecule has 0 spiro atoms. The SMILES string of the molecule is CC(C)(C)OC(=O)C(C(=O)O)C(N)C1CCC(O)CC1. The lowest BCUT2D eigenvalue weighted by molar-refractivity contribution is -0.168. The van der Waals surface area contributed by atoms with E-state index in [9.17, 15) is 19.8 Å². The number of aliphatic carboxylic acids is 1. The number of nitrogens with two attached hydrogens (primary N) is 1. The highest BCUT2D eigenvalue weighted by atomic mass is 16.6. The average molecular weight is 287 g/mol. The molecule has 4 N–H and O–H groups in total. The highest BCUT2D eigenvalue weighted by molar-refractivity contribution is 5.95. The number of aliphatic hydroxyl groups is 1. The van der Waals surface area contributed by atoms with Gasteiger partial charge in [0, 0.05) is 6.04 Å². The highest BCUT2D eigenvalue weighted by Gasteiger charge is 2.40. The number of carboxylic acids is 1.